The number of amides is 1. The van der Waals surface area contributed by atoms with Gasteiger partial charge in [0.15, 0.2) is 5.11 Å². The first-order valence-electron chi connectivity index (χ1n) is 6.08. The van der Waals surface area contributed by atoms with Gasteiger partial charge in [0.05, 0.1) is 0 Å². The van der Waals surface area contributed by atoms with Crippen LogP contribution < -0.4 is 16.2 Å². The number of hydrazine groups is 1. The first-order valence-corrected chi connectivity index (χ1v) is 7.28. The van der Waals surface area contributed by atoms with Crippen molar-refractivity contribution in [3.63, 3.8) is 0 Å². The molecule has 0 unspecified atom stereocenters. The summed E-state index contributed by atoms with van der Waals surface area (Å²) in [6, 6.07) is 7.66. The zero-order valence-corrected chi connectivity index (χ0v) is 14.1. The normalized spacial score (nSPS) is 11.2. The summed E-state index contributed by atoms with van der Waals surface area (Å²) in [6.07, 6.45) is 3.16. The molecule has 6 heteroatoms. The number of carbonyl (C=O) groups is 1. The fraction of sp³-hybridized carbons (Fsp3) is 0.286. The van der Waals surface area contributed by atoms with Gasteiger partial charge in [-0.2, -0.15) is 0 Å². The average molecular weight is 356 g/mol. The van der Waals surface area contributed by atoms with Crippen LogP contribution >= 0.6 is 28.1 Å². The molecule has 0 aliphatic carbocycles. The number of hydrogen-bond donors (Lipinski definition) is 3. The molecule has 1 aromatic rings. The summed E-state index contributed by atoms with van der Waals surface area (Å²) in [7, 11) is 0. The van der Waals surface area contributed by atoms with Crippen LogP contribution in [-0.4, -0.2) is 16.6 Å². The Balaban J connectivity index is 2.42. The van der Waals surface area contributed by atoms with Gasteiger partial charge in [-0.25, -0.2) is 0 Å². The van der Waals surface area contributed by atoms with Crippen LogP contribution in [0.15, 0.2) is 34.8 Å². The first kappa shape index (κ1) is 16.7. The van der Waals surface area contributed by atoms with E-state index in [2.05, 4.69) is 32.1 Å². The monoisotopic (exact) mass is 355 g/mol. The summed E-state index contributed by atoms with van der Waals surface area (Å²) < 4.78 is 0.966. The summed E-state index contributed by atoms with van der Waals surface area (Å²) in [5.74, 6) is -0.275. The molecule has 0 bridgehead atoms. The molecule has 0 saturated carbocycles. The van der Waals surface area contributed by atoms with Crippen LogP contribution in [-0.2, 0) is 4.79 Å². The summed E-state index contributed by atoms with van der Waals surface area (Å²) in [5, 5.41) is 3.41. The maximum Gasteiger partial charge on any atom is 0.262 e. The number of hydrogen-bond acceptors (Lipinski definition) is 2. The second-order valence-electron chi connectivity index (χ2n) is 5.21. The van der Waals surface area contributed by atoms with Gasteiger partial charge in [-0.15, -0.1) is 0 Å². The van der Waals surface area contributed by atoms with Crippen LogP contribution in [0.5, 0.6) is 0 Å². The molecule has 0 radical (unpaired) electrons. The second-order valence-corrected chi connectivity index (χ2v) is 6.53. The number of rotatable bonds is 2. The van der Waals surface area contributed by atoms with E-state index in [1.807, 2.05) is 45.0 Å². The maximum atomic E-state index is 11.6. The van der Waals surface area contributed by atoms with Gasteiger partial charge in [-0.1, -0.05) is 28.1 Å². The van der Waals surface area contributed by atoms with E-state index in [0.29, 0.717) is 5.11 Å². The molecule has 0 spiro atoms. The van der Waals surface area contributed by atoms with Gasteiger partial charge in [-0.3, -0.25) is 15.6 Å². The standard InChI is InChI=1S/C14H18BrN3OS/c1-14(2,3)16-13(20)18-17-12(19)8-7-10-5-4-6-11(15)9-10/h4-9H,1-3H3,(H,17,19)(H2,16,18,20)/b8-7+. The van der Waals surface area contributed by atoms with Crippen molar-refractivity contribution in [2.24, 2.45) is 0 Å². The van der Waals surface area contributed by atoms with Gasteiger partial charge in [0.25, 0.3) is 5.91 Å². The minimum Gasteiger partial charge on any atom is -0.357 e. The molecule has 1 amide bonds. The second kappa shape index (κ2) is 7.40. The zero-order chi connectivity index (χ0) is 15.2. The lowest BCUT2D eigenvalue weighted by Gasteiger charge is -2.22. The van der Waals surface area contributed by atoms with E-state index in [-0.39, 0.29) is 11.4 Å². The molecule has 0 saturated heterocycles. The Kier molecular flexibility index (Phi) is 6.16. The molecule has 0 aliphatic rings. The van der Waals surface area contributed by atoms with E-state index in [9.17, 15) is 4.79 Å². The quantitative estimate of drug-likeness (QED) is 0.433. The summed E-state index contributed by atoms with van der Waals surface area (Å²) in [4.78, 5) is 11.6. The molecular formula is C14H18BrN3OS. The summed E-state index contributed by atoms with van der Waals surface area (Å²) >= 11 is 8.42. The molecule has 4 nitrogen and oxygen atoms in total. The van der Waals surface area contributed by atoms with Crippen LogP contribution in [0.25, 0.3) is 6.08 Å². The van der Waals surface area contributed by atoms with Crippen LogP contribution in [0.1, 0.15) is 26.3 Å². The molecule has 0 aliphatic heterocycles. The van der Waals surface area contributed by atoms with Crippen molar-refractivity contribution in [2.75, 3.05) is 0 Å². The fourth-order valence-corrected chi connectivity index (χ4v) is 2.09. The largest absolute Gasteiger partial charge is 0.357 e. The van der Waals surface area contributed by atoms with E-state index in [0.717, 1.165) is 10.0 Å². The Hall–Kier alpha value is -1.40. The van der Waals surface area contributed by atoms with Crippen molar-refractivity contribution < 1.29 is 4.79 Å². The number of thiocarbonyl (C=S) groups is 1. The summed E-state index contributed by atoms with van der Waals surface area (Å²) in [6.45, 7) is 5.95. The van der Waals surface area contributed by atoms with Crippen molar-refractivity contribution in [2.45, 2.75) is 26.3 Å². The Bertz CT molecular complexity index is 523. The van der Waals surface area contributed by atoms with Crippen LogP contribution in [0.2, 0.25) is 0 Å². The van der Waals surface area contributed by atoms with E-state index >= 15 is 0 Å². The predicted octanol–water partition coefficient (Wildman–Crippen LogP) is 2.76. The molecule has 1 rings (SSSR count). The van der Waals surface area contributed by atoms with E-state index in [4.69, 9.17) is 12.2 Å². The summed E-state index contributed by atoms with van der Waals surface area (Å²) in [5.41, 5.74) is 5.93. The number of carbonyl (C=O) groups excluding carboxylic acids is 1. The SMILES string of the molecule is CC(C)(C)NC(=S)NNC(=O)/C=C/c1cccc(Br)c1. The number of benzene rings is 1. The Morgan fingerprint density at radius 1 is 1.30 bits per heavy atom. The van der Waals surface area contributed by atoms with E-state index < -0.39 is 0 Å². The minimum absolute atomic E-state index is 0.152. The predicted molar refractivity (Wildman–Crippen MR) is 89.9 cm³/mol. The van der Waals surface area contributed by atoms with Gasteiger partial charge in [0, 0.05) is 16.1 Å². The van der Waals surface area contributed by atoms with Gasteiger partial charge >= 0.3 is 0 Å². The van der Waals surface area contributed by atoms with Crippen molar-refractivity contribution >= 4 is 45.2 Å². The Morgan fingerprint density at radius 3 is 2.60 bits per heavy atom. The van der Waals surface area contributed by atoms with Gasteiger partial charge in [0.1, 0.15) is 0 Å². The molecule has 0 aromatic heterocycles. The lowest BCUT2D eigenvalue weighted by Crippen LogP contribution is -2.51. The molecular weight excluding hydrogens is 338 g/mol. The van der Waals surface area contributed by atoms with E-state index in [1.165, 1.54) is 6.08 Å². The van der Waals surface area contributed by atoms with Crippen molar-refractivity contribution in [1.29, 1.82) is 0 Å². The topological polar surface area (TPSA) is 53.2 Å². The van der Waals surface area contributed by atoms with Crippen molar-refractivity contribution in [3.8, 4) is 0 Å². The van der Waals surface area contributed by atoms with Crippen LogP contribution in [0.4, 0.5) is 0 Å². The third-order valence-electron chi connectivity index (χ3n) is 2.06. The molecule has 20 heavy (non-hydrogen) atoms. The lowest BCUT2D eigenvalue weighted by molar-refractivity contribution is -0.117. The van der Waals surface area contributed by atoms with Crippen LogP contribution in [0.3, 0.4) is 0 Å². The third kappa shape index (κ3) is 7.25. The van der Waals surface area contributed by atoms with Gasteiger partial charge in [0.2, 0.25) is 0 Å². The minimum atomic E-state index is -0.275. The average Bonchev–Trinajstić information content (AvgIpc) is 2.32. The van der Waals surface area contributed by atoms with Crippen LogP contribution in [0, 0.1) is 0 Å². The zero-order valence-electron chi connectivity index (χ0n) is 11.7. The highest BCUT2D eigenvalue weighted by Gasteiger charge is 2.10. The highest BCUT2D eigenvalue weighted by molar-refractivity contribution is 9.10. The van der Waals surface area contributed by atoms with E-state index in [1.54, 1.807) is 6.08 Å². The smallest absolute Gasteiger partial charge is 0.262 e. The van der Waals surface area contributed by atoms with Gasteiger partial charge < -0.3 is 5.32 Å². The fourth-order valence-electron chi connectivity index (χ4n) is 1.31. The molecule has 108 valence electrons. The Labute approximate surface area is 133 Å². The van der Waals surface area contributed by atoms with Gasteiger partial charge in [-0.05, 0) is 56.8 Å². The lowest BCUT2D eigenvalue weighted by atomic mass is 10.1. The van der Waals surface area contributed by atoms with Crippen molar-refractivity contribution in [1.82, 2.24) is 16.2 Å². The number of halogens is 1. The Morgan fingerprint density at radius 2 is 2.00 bits per heavy atom. The first-order chi connectivity index (χ1) is 9.26. The molecule has 0 heterocycles. The number of nitrogens with one attached hydrogen (secondary N) is 3. The molecule has 0 fully saturated rings. The molecule has 0 atom stereocenters. The third-order valence-corrected chi connectivity index (χ3v) is 2.76. The molecule has 1 aromatic carbocycles. The molecule has 3 N–H and O–H groups in total. The maximum absolute atomic E-state index is 11.6. The highest BCUT2D eigenvalue weighted by atomic mass is 79.9. The van der Waals surface area contributed by atoms with Crippen molar-refractivity contribution in [3.05, 3.63) is 40.4 Å². The highest BCUT2D eigenvalue weighted by Crippen LogP contribution is 2.12.